The molecule has 0 atom stereocenters. The van der Waals surface area contributed by atoms with Gasteiger partial charge in [0.1, 0.15) is 11.7 Å². The van der Waals surface area contributed by atoms with Crippen LogP contribution in [-0.4, -0.2) is 26.1 Å². The molecule has 0 heterocycles. The molecular formula is C11H16FN3O. The van der Waals surface area contributed by atoms with E-state index in [1.807, 2.05) is 0 Å². The molecule has 16 heavy (non-hydrogen) atoms. The Morgan fingerprint density at radius 3 is 2.69 bits per heavy atom. The smallest absolute Gasteiger partial charge is 0.123 e. The number of hydrazine groups is 1. The van der Waals surface area contributed by atoms with Gasteiger partial charge >= 0.3 is 0 Å². The number of methoxy groups -OCH3 is 1. The summed E-state index contributed by atoms with van der Waals surface area (Å²) in [5, 5.41) is 0. The highest BCUT2D eigenvalue weighted by Crippen LogP contribution is 2.03. The summed E-state index contributed by atoms with van der Waals surface area (Å²) in [7, 11) is 1.62. The average Bonchev–Trinajstić information content (AvgIpc) is 2.31. The molecule has 3 N–H and O–H groups in total. The van der Waals surface area contributed by atoms with Crippen LogP contribution in [0.4, 0.5) is 4.39 Å². The number of aliphatic imine (C=N–C) groups is 1. The number of nitrogens with two attached hydrogens (primary N) is 1. The van der Waals surface area contributed by atoms with Gasteiger partial charge in [-0.1, -0.05) is 12.1 Å². The third-order valence-corrected chi connectivity index (χ3v) is 2.05. The van der Waals surface area contributed by atoms with Crippen LogP contribution in [0.1, 0.15) is 5.56 Å². The molecule has 0 saturated carbocycles. The summed E-state index contributed by atoms with van der Waals surface area (Å²) >= 11 is 0. The van der Waals surface area contributed by atoms with Crippen LogP contribution in [0.15, 0.2) is 29.3 Å². The first-order valence-electron chi connectivity index (χ1n) is 4.99. The fourth-order valence-electron chi connectivity index (χ4n) is 1.22. The second-order valence-corrected chi connectivity index (χ2v) is 3.27. The molecule has 88 valence electrons. The van der Waals surface area contributed by atoms with Crippen molar-refractivity contribution in [3.8, 4) is 0 Å². The van der Waals surface area contributed by atoms with E-state index in [9.17, 15) is 4.39 Å². The van der Waals surface area contributed by atoms with Crippen molar-refractivity contribution < 1.29 is 9.13 Å². The van der Waals surface area contributed by atoms with Crippen LogP contribution in [0.3, 0.4) is 0 Å². The number of benzene rings is 1. The van der Waals surface area contributed by atoms with Crippen LogP contribution in [0.2, 0.25) is 0 Å². The van der Waals surface area contributed by atoms with Gasteiger partial charge in [-0.15, -0.1) is 0 Å². The zero-order valence-electron chi connectivity index (χ0n) is 9.24. The number of rotatable bonds is 5. The van der Waals surface area contributed by atoms with Crippen LogP contribution < -0.4 is 11.3 Å². The first-order chi connectivity index (χ1) is 7.76. The number of nitrogens with zero attached hydrogens (tertiary/aromatic N) is 1. The number of hydrogen-bond acceptors (Lipinski definition) is 3. The van der Waals surface area contributed by atoms with E-state index in [2.05, 4.69) is 10.4 Å². The highest BCUT2D eigenvalue weighted by molar-refractivity contribution is 5.83. The second-order valence-electron chi connectivity index (χ2n) is 3.27. The highest BCUT2D eigenvalue weighted by atomic mass is 19.1. The topological polar surface area (TPSA) is 59.6 Å². The van der Waals surface area contributed by atoms with Gasteiger partial charge in [-0.3, -0.25) is 4.99 Å². The third-order valence-electron chi connectivity index (χ3n) is 2.05. The van der Waals surface area contributed by atoms with Crippen molar-refractivity contribution in [3.05, 3.63) is 35.6 Å². The Labute approximate surface area is 94.3 Å². The molecule has 1 rings (SSSR count). The van der Waals surface area contributed by atoms with Crippen LogP contribution >= 0.6 is 0 Å². The molecule has 0 radical (unpaired) electrons. The van der Waals surface area contributed by atoms with Gasteiger partial charge in [0.2, 0.25) is 0 Å². The Balaban J connectivity index is 2.55. The summed E-state index contributed by atoms with van der Waals surface area (Å²) in [6.07, 6.45) is 0.556. The summed E-state index contributed by atoms with van der Waals surface area (Å²) < 4.78 is 17.5. The molecule has 1 aromatic rings. The van der Waals surface area contributed by atoms with Gasteiger partial charge in [-0.25, -0.2) is 10.2 Å². The maximum Gasteiger partial charge on any atom is 0.123 e. The predicted molar refractivity (Wildman–Crippen MR) is 61.6 cm³/mol. The van der Waals surface area contributed by atoms with Crippen molar-refractivity contribution in [2.45, 2.75) is 6.42 Å². The van der Waals surface area contributed by atoms with Crippen molar-refractivity contribution in [2.24, 2.45) is 10.8 Å². The molecule has 0 aliphatic heterocycles. The minimum Gasteiger partial charge on any atom is -0.383 e. The van der Waals surface area contributed by atoms with E-state index in [0.717, 1.165) is 5.56 Å². The van der Waals surface area contributed by atoms with E-state index in [4.69, 9.17) is 10.6 Å². The van der Waals surface area contributed by atoms with Gasteiger partial charge in [0.25, 0.3) is 0 Å². The molecule has 0 bridgehead atoms. The third kappa shape index (κ3) is 4.37. The van der Waals surface area contributed by atoms with Crippen LogP contribution in [0.5, 0.6) is 0 Å². The van der Waals surface area contributed by atoms with Gasteiger partial charge in [0, 0.05) is 13.5 Å². The summed E-state index contributed by atoms with van der Waals surface area (Å²) in [5.74, 6) is 5.75. The van der Waals surface area contributed by atoms with E-state index >= 15 is 0 Å². The summed E-state index contributed by atoms with van der Waals surface area (Å²) in [6.45, 7) is 1.10. The maximum absolute atomic E-state index is 12.7. The molecule has 0 spiro atoms. The molecule has 0 fully saturated rings. The summed E-state index contributed by atoms with van der Waals surface area (Å²) in [5.41, 5.74) is 3.48. The van der Waals surface area contributed by atoms with Crippen molar-refractivity contribution in [2.75, 3.05) is 20.3 Å². The Kier molecular flexibility index (Phi) is 5.45. The molecule has 1 aromatic carbocycles. The highest BCUT2D eigenvalue weighted by Gasteiger charge is 1.99. The van der Waals surface area contributed by atoms with Crippen molar-refractivity contribution >= 4 is 5.84 Å². The molecule has 0 unspecified atom stereocenters. The van der Waals surface area contributed by atoms with Crippen LogP contribution in [0, 0.1) is 5.82 Å². The van der Waals surface area contributed by atoms with E-state index < -0.39 is 0 Å². The normalized spacial score (nSPS) is 11.6. The van der Waals surface area contributed by atoms with Crippen molar-refractivity contribution in [1.82, 2.24) is 5.43 Å². The fourth-order valence-corrected chi connectivity index (χ4v) is 1.22. The lowest BCUT2D eigenvalue weighted by Crippen LogP contribution is -2.32. The first kappa shape index (κ1) is 12.6. The Hall–Kier alpha value is -1.46. The Bertz CT molecular complexity index is 338. The fraction of sp³-hybridized carbons (Fsp3) is 0.364. The SMILES string of the molecule is COCCN=C(Cc1ccc(F)cc1)NN. The number of ether oxygens (including phenoxy) is 1. The van der Waals surface area contributed by atoms with Gasteiger partial charge in [0.15, 0.2) is 0 Å². The van der Waals surface area contributed by atoms with E-state index in [-0.39, 0.29) is 5.82 Å². The van der Waals surface area contributed by atoms with Crippen LogP contribution in [-0.2, 0) is 11.2 Å². The molecule has 0 aliphatic carbocycles. The van der Waals surface area contributed by atoms with Gasteiger partial charge in [-0.2, -0.15) is 0 Å². The average molecular weight is 225 g/mol. The molecule has 5 heteroatoms. The summed E-state index contributed by atoms with van der Waals surface area (Å²) in [4.78, 5) is 4.21. The van der Waals surface area contributed by atoms with Gasteiger partial charge in [-0.05, 0) is 17.7 Å². The zero-order chi connectivity index (χ0) is 11.8. The maximum atomic E-state index is 12.7. The number of hydrogen-bond donors (Lipinski definition) is 2. The lowest BCUT2D eigenvalue weighted by atomic mass is 10.1. The number of halogens is 1. The molecule has 0 amide bonds. The zero-order valence-corrected chi connectivity index (χ0v) is 9.24. The number of nitrogens with one attached hydrogen (secondary N) is 1. The minimum atomic E-state index is -0.248. The summed E-state index contributed by atoms with van der Waals surface area (Å²) in [6, 6.07) is 6.24. The molecule has 0 aliphatic rings. The van der Waals surface area contributed by atoms with E-state index in [1.54, 1.807) is 19.2 Å². The van der Waals surface area contributed by atoms with Gasteiger partial charge < -0.3 is 10.2 Å². The quantitative estimate of drug-likeness (QED) is 0.257. The first-order valence-corrected chi connectivity index (χ1v) is 4.99. The second kappa shape index (κ2) is 6.92. The lowest BCUT2D eigenvalue weighted by molar-refractivity contribution is 0.208. The standard InChI is InChI=1S/C11H16FN3O/c1-16-7-6-14-11(15-13)8-9-2-4-10(12)5-3-9/h2-5H,6-8,13H2,1H3,(H,14,15). The van der Waals surface area contributed by atoms with Crippen molar-refractivity contribution in [1.29, 1.82) is 0 Å². The largest absolute Gasteiger partial charge is 0.383 e. The van der Waals surface area contributed by atoms with Crippen LogP contribution in [0.25, 0.3) is 0 Å². The molecule has 4 nitrogen and oxygen atoms in total. The Morgan fingerprint density at radius 2 is 2.12 bits per heavy atom. The van der Waals surface area contributed by atoms with Gasteiger partial charge in [0.05, 0.1) is 13.2 Å². The number of amidine groups is 1. The lowest BCUT2D eigenvalue weighted by Gasteiger charge is -2.05. The monoisotopic (exact) mass is 225 g/mol. The minimum absolute atomic E-state index is 0.248. The van der Waals surface area contributed by atoms with E-state index in [1.165, 1.54) is 12.1 Å². The van der Waals surface area contributed by atoms with E-state index in [0.29, 0.717) is 25.4 Å². The molecule has 0 saturated heterocycles. The molecule has 0 aromatic heterocycles. The Morgan fingerprint density at radius 1 is 1.44 bits per heavy atom. The molecular weight excluding hydrogens is 209 g/mol. The predicted octanol–water partition coefficient (Wildman–Crippen LogP) is 0.876. The van der Waals surface area contributed by atoms with Crippen molar-refractivity contribution in [3.63, 3.8) is 0 Å².